The molecule has 108 valence electrons. The van der Waals surface area contributed by atoms with Gasteiger partial charge in [0.25, 0.3) is 11.6 Å². The lowest BCUT2D eigenvalue weighted by Gasteiger charge is -2.09. The fraction of sp³-hybridized carbons (Fsp3) is 0.0769. The average Bonchev–Trinajstić information content (AvgIpc) is 2.47. The van der Waals surface area contributed by atoms with Crippen LogP contribution in [0.15, 0.2) is 41.0 Å². The number of methoxy groups -OCH3 is 1. The van der Waals surface area contributed by atoms with Crippen LogP contribution >= 0.6 is 15.9 Å². The Morgan fingerprint density at radius 2 is 2.14 bits per heavy atom. The molecule has 0 aliphatic heterocycles. The molecule has 0 atom stereocenters. The number of halogens is 1. The first-order chi connectivity index (χ1) is 10.0. The van der Waals surface area contributed by atoms with Crippen LogP contribution in [0, 0.1) is 10.1 Å². The zero-order valence-corrected chi connectivity index (χ0v) is 12.5. The Bertz CT molecular complexity index is 706. The maximum Gasteiger partial charge on any atom is 0.284 e. The van der Waals surface area contributed by atoms with E-state index in [-0.39, 0.29) is 21.6 Å². The van der Waals surface area contributed by atoms with Gasteiger partial charge in [0, 0.05) is 12.3 Å². The molecule has 0 fully saturated rings. The largest absolute Gasteiger partial charge is 0.480 e. The average molecular weight is 352 g/mol. The molecule has 2 aromatic rings. The van der Waals surface area contributed by atoms with Crippen molar-refractivity contribution >= 4 is 33.2 Å². The maximum atomic E-state index is 12.2. The second kappa shape index (κ2) is 6.31. The Labute approximate surface area is 128 Å². The van der Waals surface area contributed by atoms with Gasteiger partial charge in [-0.2, -0.15) is 0 Å². The second-order valence-electron chi connectivity index (χ2n) is 3.91. The molecule has 1 heterocycles. The van der Waals surface area contributed by atoms with Gasteiger partial charge in [-0.15, -0.1) is 0 Å². The van der Waals surface area contributed by atoms with E-state index in [0.29, 0.717) is 5.69 Å². The molecule has 8 heteroatoms. The van der Waals surface area contributed by atoms with Crippen LogP contribution in [0.1, 0.15) is 10.4 Å². The Morgan fingerprint density at radius 3 is 2.81 bits per heavy atom. The van der Waals surface area contributed by atoms with Crippen molar-refractivity contribution in [2.75, 3.05) is 12.4 Å². The zero-order chi connectivity index (χ0) is 15.4. The normalized spacial score (nSPS) is 10.0. The van der Waals surface area contributed by atoms with Crippen molar-refractivity contribution in [3.05, 3.63) is 56.7 Å². The highest BCUT2D eigenvalue weighted by Gasteiger charge is 2.20. The van der Waals surface area contributed by atoms with Gasteiger partial charge < -0.3 is 10.1 Å². The third-order valence-electron chi connectivity index (χ3n) is 2.63. The maximum absolute atomic E-state index is 12.2. The highest BCUT2D eigenvalue weighted by molar-refractivity contribution is 9.10. The summed E-state index contributed by atoms with van der Waals surface area (Å²) >= 11 is 3.08. The molecule has 1 aromatic carbocycles. The van der Waals surface area contributed by atoms with Crippen molar-refractivity contribution in [1.82, 2.24) is 4.98 Å². The van der Waals surface area contributed by atoms with Crippen LogP contribution in [-0.2, 0) is 0 Å². The summed E-state index contributed by atoms with van der Waals surface area (Å²) < 4.78 is 5.15. The zero-order valence-electron chi connectivity index (χ0n) is 10.9. The quantitative estimate of drug-likeness (QED) is 0.674. The number of aromatic nitrogens is 1. The Morgan fingerprint density at radius 1 is 1.38 bits per heavy atom. The Hall–Kier alpha value is -2.48. The van der Waals surface area contributed by atoms with Crippen molar-refractivity contribution < 1.29 is 14.5 Å². The van der Waals surface area contributed by atoms with E-state index in [9.17, 15) is 14.9 Å². The molecule has 0 aliphatic rings. The summed E-state index contributed by atoms with van der Waals surface area (Å²) in [5.41, 5.74) is 0.347. The standard InChI is InChI=1S/C13H10BrN3O4/c1-21-13-9(5-3-7-15-13)16-12(18)8-4-2-6-10(11(8)14)17(19)20/h2-7H,1H3,(H,16,18). The summed E-state index contributed by atoms with van der Waals surface area (Å²) in [6, 6.07) is 7.49. The van der Waals surface area contributed by atoms with Crippen LogP contribution in [0.4, 0.5) is 11.4 Å². The van der Waals surface area contributed by atoms with Gasteiger partial charge in [0.2, 0.25) is 5.88 Å². The van der Waals surface area contributed by atoms with Crippen LogP contribution in [0.5, 0.6) is 5.88 Å². The van der Waals surface area contributed by atoms with Gasteiger partial charge in [0.1, 0.15) is 10.2 Å². The summed E-state index contributed by atoms with van der Waals surface area (Å²) in [4.78, 5) is 26.5. The van der Waals surface area contributed by atoms with E-state index in [4.69, 9.17) is 4.74 Å². The van der Waals surface area contributed by atoms with Crippen molar-refractivity contribution in [3.8, 4) is 5.88 Å². The first-order valence-corrected chi connectivity index (χ1v) is 6.57. The second-order valence-corrected chi connectivity index (χ2v) is 4.70. The van der Waals surface area contributed by atoms with E-state index in [2.05, 4.69) is 26.2 Å². The van der Waals surface area contributed by atoms with Crippen LogP contribution in [0.3, 0.4) is 0 Å². The third kappa shape index (κ3) is 3.16. The van der Waals surface area contributed by atoms with Crippen LogP contribution in [0.25, 0.3) is 0 Å². The lowest BCUT2D eigenvalue weighted by Crippen LogP contribution is -2.14. The molecule has 0 bridgehead atoms. The summed E-state index contributed by atoms with van der Waals surface area (Å²) in [5.74, 6) is -0.246. The Kier molecular flexibility index (Phi) is 4.49. The summed E-state index contributed by atoms with van der Waals surface area (Å²) in [5, 5.41) is 13.5. The van der Waals surface area contributed by atoms with Crippen molar-refractivity contribution in [2.45, 2.75) is 0 Å². The molecule has 1 amide bonds. The lowest BCUT2D eigenvalue weighted by atomic mass is 10.2. The molecular weight excluding hydrogens is 342 g/mol. The minimum atomic E-state index is -0.564. The number of pyridine rings is 1. The number of nitrogens with one attached hydrogen (secondary N) is 1. The number of ether oxygens (including phenoxy) is 1. The molecule has 1 aromatic heterocycles. The molecule has 0 saturated heterocycles. The van der Waals surface area contributed by atoms with Gasteiger partial charge in [-0.05, 0) is 34.1 Å². The predicted molar refractivity (Wildman–Crippen MR) is 79.5 cm³/mol. The highest BCUT2D eigenvalue weighted by Crippen LogP contribution is 2.29. The molecular formula is C13H10BrN3O4. The number of nitrogens with zero attached hydrogens (tertiary/aromatic N) is 2. The fourth-order valence-corrected chi connectivity index (χ4v) is 2.26. The third-order valence-corrected chi connectivity index (χ3v) is 3.47. The molecule has 0 aliphatic carbocycles. The molecule has 7 nitrogen and oxygen atoms in total. The molecule has 0 radical (unpaired) electrons. The van der Waals surface area contributed by atoms with Gasteiger partial charge >= 0.3 is 0 Å². The Balaban J connectivity index is 2.33. The number of nitro groups is 1. The number of hydrogen-bond donors (Lipinski definition) is 1. The SMILES string of the molecule is COc1ncccc1NC(=O)c1cccc([N+](=O)[O-])c1Br. The first kappa shape index (κ1) is 14.9. The molecule has 2 rings (SSSR count). The minimum absolute atomic E-state index is 0.121. The minimum Gasteiger partial charge on any atom is -0.480 e. The smallest absolute Gasteiger partial charge is 0.284 e. The number of anilines is 1. The number of carbonyl (C=O) groups excluding carboxylic acids is 1. The van der Waals surface area contributed by atoms with E-state index in [1.54, 1.807) is 12.1 Å². The number of carbonyl (C=O) groups is 1. The highest BCUT2D eigenvalue weighted by atomic mass is 79.9. The van der Waals surface area contributed by atoms with E-state index in [1.807, 2.05) is 0 Å². The van der Waals surface area contributed by atoms with Crippen LogP contribution < -0.4 is 10.1 Å². The molecule has 0 saturated carbocycles. The monoisotopic (exact) mass is 351 g/mol. The van der Waals surface area contributed by atoms with Crippen molar-refractivity contribution in [1.29, 1.82) is 0 Å². The van der Waals surface area contributed by atoms with Crippen molar-refractivity contribution in [2.24, 2.45) is 0 Å². The topological polar surface area (TPSA) is 94.4 Å². The number of rotatable bonds is 4. The molecule has 21 heavy (non-hydrogen) atoms. The van der Waals surface area contributed by atoms with Gasteiger partial charge in [-0.1, -0.05) is 6.07 Å². The number of nitro benzene ring substituents is 1. The van der Waals surface area contributed by atoms with Gasteiger partial charge in [-0.25, -0.2) is 4.98 Å². The summed E-state index contributed by atoms with van der Waals surface area (Å²) in [6.07, 6.45) is 1.53. The summed E-state index contributed by atoms with van der Waals surface area (Å²) in [7, 11) is 1.43. The van der Waals surface area contributed by atoms with E-state index in [1.165, 1.54) is 31.5 Å². The lowest BCUT2D eigenvalue weighted by molar-refractivity contribution is -0.385. The van der Waals surface area contributed by atoms with Gasteiger partial charge in [0.05, 0.1) is 17.6 Å². The number of hydrogen-bond acceptors (Lipinski definition) is 5. The summed E-state index contributed by atoms with van der Waals surface area (Å²) in [6.45, 7) is 0. The first-order valence-electron chi connectivity index (χ1n) is 5.78. The van der Waals surface area contributed by atoms with Crippen LogP contribution in [-0.4, -0.2) is 22.9 Å². The van der Waals surface area contributed by atoms with Gasteiger partial charge in [0.15, 0.2) is 0 Å². The van der Waals surface area contributed by atoms with E-state index < -0.39 is 10.8 Å². The predicted octanol–water partition coefficient (Wildman–Crippen LogP) is 3.01. The van der Waals surface area contributed by atoms with E-state index >= 15 is 0 Å². The van der Waals surface area contributed by atoms with E-state index in [0.717, 1.165) is 0 Å². The molecule has 0 unspecified atom stereocenters. The van der Waals surface area contributed by atoms with Crippen molar-refractivity contribution in [3.63, 3.8) is 0 Å². The van der Waals surface area contributed by atoms with Gasteiger partial charge in [-0.3, -0.25) is 14.9 Å². The fourth-order valence-electron chi connectivity index (χ4n) is 1.67. The molecule has 0 spiro atoms. The number of benzene rings is 1. The number of amides is 1. The van der Waals surface area contributed by atoms with Crippen LogP contribution in [0.2, 0.25) is 0 Å². The molecule has 1 N–H and O–H groups in total.